The minimum atomic E-state index is 0.400. The van der Waals surface area contributed by atoms with Crippen molar-refractivity contribution in [1.82, 2.24) is 4.98 Å². The normalized spacial score (nSPS) is 12.7. The Balaban J connectivity index is 1.85. The highest BCUT2D eigenvalue weighted by molar-refractivity contribution is 8.01. The van der Waals surface area contributed by atoms with Crippen LogP contribution in [0.5, 0.6) is 0 Å². The summed E-state index contributed by atoms with van der Waals surface area (Å²) in [6.07, 6.45) is 0. The van der Waals surface area contributed by atoms with E-state index < -0.39 is 0 Å². The summed E-state index contributed by atoms with van der Waals surface area (Å²) < 4.78 is 2.28. The van der Waals surface area contributed by atoms with E-state index in [1.807, 2.05) is 24.3 Å². The predicted molar refractivity (Wildman–Crippen MR) is 85.3 cm³/mol. The summed E-state index contributed by atoms with van der Waals surface area (Å²) >= 11 is 9.50. The fraction of sp³-hybridized carbons (Fsp3) is 0.133. The molecule has 1 heterocycles. The van der Waals surface area contributed by atoms with Gasteiger partial charge in [0.2, 0.25) is 0 Å². The third-order valence-electron chi connectivity index (χ3n) is 2.88. The molecule has 3 aromatic rings. The number of thiazole rings is 1. The number of halogens is 1. The van der Waals surface area contributed by atoms with Crippen molar-refractivity contribution in [2.75, 3.05) is 0 Å². The molecule has 19 heavy (non-hydrogen) atoms. The first kappa shape index (κ1) is 13.0. The third-order valence-corrected chi connectivity index (χ3v) is 5.40. The van der Waals surface area contributed by atoms with Crippen molar-refractivity contribution in [2.24, 2.45) is 0 Å². The lowest BCUT2D eigenvalue weighted by atomic mass is 10.2. The van der Waals surface area contributed by atoms with Gasteiger partial charge in [-0.15, -0.1) is 11.3 Å². The van der Waals surface area contributed by atoms with Gasteiger partial charge in [-0.1, -0.05) is 53.7 Å². The van der Waals surface area contributed by atoms with Crippen LogP contribution in [0.25, 0.3) is 10.2 Å². The van der Waals surface area contributed by atoms with Gasteiger partial charge in [-0.2, -0.15) is 0 Å². The second-order valence-corrected chi connectivity index (χ2v) is 7.32. The molecule has 0 saturated heterocycles. The summed E-state index contributed by atoms with van der Waals surface area (Å²) in [6.45, 7) is 2.21. The Morgan fingerprint density at radius 1 is 1.16 bits per heavy atom. The molecular formula is C15H12ClNS2. The molecule has 0 N–H and O–H groups in total. The van der Waals surface area contributed by atoms with Gasteiger partial charge in [-0.05, 0) is 30.7 Å². The van der Waals surface area contributed by atoms with E-state index in [0.29, 0.717) is 5.25 Å². The molecule has 1 nitrogen and oxygen atoms in total. The molecule has 0 unspecified atom stereocenters. The lowest BCUT2D eigenvalue weighted by Gasteiger charge is -2.08. The molecule has 0 fully saturated rings. The molecule has 2 aromatic carbocycles. The van der Waals surface area contributed by atoms with E-state index in [-0.39, 0.29) is 0 Å². The summed E-state index contributed by atoms with van der Waals surface area (Å²) in [6, 6.07) is 16.4. The molecule has 0 amide bonds. The Hall–Kier alpha value is -1.03. The van der Waals surface area contributed by atoms with Crippen molar-refractivity contribution in [3.8, 4) is 0 Å². The molecule has 0 spiro atoms. The molecule has 3 rings (SSSR count). The van der Waals surface area contributed by atoms with Gasteiger partial charge in [0.1, 0.15) is 0 Å². The van der Waals surface area contributed by atoms with Crippen LogP contribution in [0, 0.1) is 0 Å². The molecule has 0 aliphatic carbocycles. The molecular weight excluding hydrogens is 294 g/mol. The number of nitrogens with zero attached hydrogens (tertiary/aromatic N) is 1. The highest BCUT2D eigenvalue weighted by Crippen LogP contribution is 2.39. The summed E-state index contributed by atoms with van der Waals surface area (Å²) in [5.41, 5.74) is 2.31. The largest absolute Gasteiger partial charge is 0.230 e. The molecule has 0 bridgehead atoms. The zero-order valence-corrected chi connectivity index (χ0v) is 12.7. The number of thioether (sulfide) groups is 1. The molecule has 0 aliphatic rings. The van der Waals surface area contributed by atoms with Crippen LogP contribution in [-0.2, 0) is 0 Å². The van der Waals surface area contributed by atoms with Gasteiger partial charge >= 0.3 is 0 Å². The van der Waals surface area contributed by atoms with Crippen molar-refractivity contribution in [2.45, 2.75) is 16.5 Å². The van der Waals surface area contributed by atoms with Gasteiger partial charge in [0.25, 0.3) is 0 Å². The van der Waals surface area contributed by atoms with E-state index in [1.54, 1.807) is 23.1 Å². The lowest BCUT2D eigenvalue weighted by Crippen LogP contribution is -1.86. The average molecular weight is 306 g/mol. The van der Waals surface area contributed by atoms with Gasteiger partial charge in [0, 0.05) is 10.3 Å². The van der Waals surface area contributed by atoms with E-state index in [1.165, 1.54) is 10.3 Å². The summed E-state index contributed by atoms with van der Waals surface area (Å²) in [5.74, 6) is 0. The van der Waals surface area contributed by atoms with E-state index in [4.69, 9.17) is 11.6 Å². The van der Waals surface area contributed by atoms with Crippen molar-refractivity contribution in [1.29, 1.82) is 0 Å². The zero-order valence-electron chi connectivity index (χ0n) is 10.3. The zero-order chi connectivity index (χ0) is 13.2. The second-order valence-electron chi connectivity index (χ2n) is 4.26. The first-order valence-electron chi connectivity index (χ1n) is 6.00. The maximum atomic E-state index is 5.99. The standard InChI is InChI=1S/C15H12ClNS2/c1-10(11-5-3-2-4-6-11)18-15-17-13-9-12(16)7-8-14(13)19-15/h2-10H,1H3/t10-/m1/s1. The van der Waals surface area contributed by atoms with Crippen LogP contribution < -0.4 is 0 Å². The topological polar surface area (TPSA) is 12.9 Å². The van der Waals surface area contributed by atoms with Crippen LogP contribution in [0.4, 0.5) is 0 Å². The van der Waals surface area contributed by atoms with Gasteiger partial charge < -0.3 is 0 Å². The first-order valence-corrected chi connectivity index (χ1v) is 8.07. The third kappa shape index (κ3) is 2.94. The fourth-order valence-corrected chi connectivity index (χ4v) is 4.36. The van der Waals surface area contributed by atoms with E-state index in [0.717, 1.165) is 14.9 Å². The number of rotatable bonds is 3. The first-order chi connectivity index (χ1) is 9.22. The monoisotopic (exact) mass is 305 g/mol. The Morgan fingerprint density at radius 3 is 2.74 bits per heavy atom. The Morgan fingerprint density at radius 2 is 1.95 bits per heavy atom. The van der Waals surface area contributed by atoms with Crippen LogP contribution in [-0.4, -0.2) is 4.98 Å². The van der Waals surface area contributed by atoms with E-state index in [9.17, 15) is 0 Å². The molecule has 0 saturated carbocycles. The number of benzene rings is 2. The molecule has 0 aliphatic heterocycles. The lowest BCUT2D eigenvalue weighted by molar-refractivity contribution is 1.09. The predicted octanol–water partition coefficient (Wildman–Crippen LogP) is 5.80. The van der Waals surface area contributed by atoms with E-state index >= 15 is 0 Å². The Bertz CT molecular complexity index is 694. The summed E-state index contributed by atoms with van der Waals surface area (Å²) in [5, 5.41) is 1.14. The molecule has 96 valence electrons. The van der Waals surface area contributed by atoms with Crippen LogP contribution in [0.2, 0.25) is 5.02 Å². The van der Waals surface area contributed by atoms with Gasteiger partial charge in [0.05, 0.1) is 10.2 Å². The van der Waals surface area contributed by atoms with Crippen molar-refractivity contribution >= 4 is 44.9 Å². The van der Waals surface area contributed by atoms with Crippen molar-refractivity contribution < 1.29 is 0 Å². The van der Waals surface area contributed by atoms with Crippen LogP contribution in [0.15, 0.2) is 52.9 Å². The van der Waals surface area contributed by atoms with Crippen LogP contribution in [0.1, 0.15) is 17.7 Å². The smallest absolute Gasteiger partial charge is 0.151 e. The quantitative estimate of drug-likeness (QED) is 0.567. The highest BCUT2D eigenvalue weighted by Gasteiger charge is 2.11. The molecule has 0 radical (unpaired) electrons. The van der Waals surface area contributed by atoms with Gasteiger partial charge in [-0.3, -0.25) is 0 Å². The number of aromatic nitrogens is 1. The van der Waals surface area contributed by atoms with Crippen molar-refractivity contribution in [3.63, 3.8) is 0 Å². The maximum Gasteiger partial charge on any atom is 0.151 e. The highest BCUT2D eigenvalue weighted by atomic mass is 35.5. The number of hydrogen-bond acceptors (Lipinski definition) is 3. The molecule has 4 heteroatoms. The van der Waals surface area contributed by atoms with Crippen LogP contribution >= 0.6 is 34.7 Å². The van der Waals surface area contributed by atoms with Crippen LogP contribution in [0.3, 0.4) is 0 Å². The van der Waals surface area contributed by atoms with Gasteiger partial charge in [-0.25, -0.2) is 4.98 Å². The molecule has 1 aromatic heterocycles. The van der Waals surface area contributed by atoms with Gasteiger partial charge in [0.15, 0.2) is 4.34 Å². The summed E-state index contributed by atoms with van der Waals surface area (Å²) in [4.78, 5) is 4.64. The molecule has 1 atom stereocenters. The maximum absolute atomic E-state index is 5.99. The minimum absolute atomic E-state index is 0.400. The minimum Gasteiger partial charge on any atom is -0.230 e. The van der Waals surface area contributed by atoms with Crippen molar-refractivity contribution in [3.05, 3.63) is 59.1 Å². The SMILES string of the molecule is C[C@@H](Sc1nc2cc(Cl)ccc2s1)c1ccccc1. The number of fused-ring (bicyclic) bond motifs is 1. The summed E-state index contributed by atoms with van der Waals surface area (Å²) in [7, 11) is 0. The Kier molecular flexibility index (Phi) is 3.78. The number of hydrogen-bond donors (Lipinski definition) is 0. The fourth-order valence-electron chi connectivity index (χ4n) is 1.87. The second kappa shape index (κ2) is 5.53. The average Bonchev–Trinajstić information content (AvgIpc) is 2.81. The van der Waals surface area contributed by atoms with E-state index in [2.05, 4.69) is 36.2 Å². The Labute approximate surface area is 125 Å².